The van der Waals surface area contributed by atoms with Crippen molar-refractivity contribution in [1.29, 1.82) is 0 Å². The minimum Gasteiger partial charge on any atom is -0.317 e. The summed E-state index contributed by atoms with van der Waals surface area (Å²) in [5, 5.41) is 0. The van der Waals surface area contributed by atoms with Crippen LogP contribution in [0.1, 0.15) is 19.8 Å². The molecule has 4 heteroatoms. The Balaban J connectivity index is 1.91. The van der Waals surface area contributed by atoms with E-state index in [1.807, 2.05) is 41.8 Å². The van der Waals surface area contributed by atoms with Crippen LogP contribution < -0.4 is 10.6 Å². The van der Waals surface area contributed by atoms with Gasteiger partial charge < -0.3 is 10.6 Å². The van der Waals surface area contributed by atoms with Crippen molar-refractivity contribution in [3.63, 3.8) is 0 Å². The van der Waals surface area contributed by atoms with Crippen LogP contribution in [0.2, 0.25) is 0 Å². The number of hydrogen-bond acceptors (Lipinski definition) is 3. The van der Waals surface area contributed by atoms with Crippen molar-refractivity contribution in [2.24, 2.45) is 11.7 Å². The third-order valence-corrected chi connectivity index (χ3v) is 4.90. The molecule has 1 aliphatic heterocycles. The molecule has 3 nitrogen and oxygen atoms in total. The third kappa shape index (κ3) is 1.93. The summed E-state index contributed by atoms with van der Waals surface area (Å²) in [5.74, 6) is 1.40. The molecule has 18 heavy (non-hydrogen) atoms. The molecule has 1 atom stereocenters. The van der Waals surface area contributed by atoms with Crippen molar-refractivity contribution >= 4 is 23.4 Å². The molecule has 1 aliphatic carbocycles. The first kappa shape index (κ1) is 12.1. The molecule has 0 saturated heterocycles. The predicted octanol–water partition coefficient (Wildman–Crippen LogP) is 2.25. The zero-order chi connectivity index (χ0) is 12.8. The summed E-state index contributed by atoms with van der Waals surface area (Å²) in [5.41, 5.74) is 6.58. The van der Waals surface area contributed by atoms with Gasteiger partial charge in [0.05, 0.1) is 11.2 Å². The molecular weight excluding hydrogens is 244 g/mol. The van der Waals surface area contributed by atoms with Crippen molar-refractivity contribution in [3.8, 4) is 0 Å². The number of rotatable bonds is 2. The molecule has 3 rings (SSSR count). The second-order valence-corrected chi connectivity index (χ2v) is 6.47. The fourth-order valence-corrected chi connectivity index (χ4v) is 3.52. The molecule has 1 amide bonds. The quantitative estimate of drug-likeness (QED) is 0.889. The highest BCUT2D eigenvalue weighted by molar-refractivity contribution is 7.99. The third-order valence-electron chi connectivity index (χ3n) is 3.86. The van der Waals surface area contributed by atoms with Gasteiger partial charge in [-0.15, -0.1) is 11.8 Å². The van der Waals surface area contributed by atoms with Gasteiger partial charge in [0.15, 0.2) is 0 Å². The summed E-state index contributed by atoms with van der Waals surface area (Å²) < 4.78 is 0. The zero-order valence-electron chi connectivity index (χ0n) is 10.6. The summed E-state index contributed by atoms with van der Waals surface area (Å²) in [6.07, 6.45) is 2.17. The lowest BCUT2D eigenvalue weighted by Crippen LogP contribution is -2.56. The smallest absolute Gasteiger partial charge is 0.247 e. The van der Waals surface area contributed by atoms with Gasteiger partial charge in [-0.05, 0) is 37.8 Å². The second kappa shape index (κ2) is 4.28. The van der Waals surface area contributed by atoms with Gasteiger partial charge in [0.25, 0.3) is 0 Å². The van der Waals surface area contributed by atoms with Crippen LogP contribution in [-0.4, -0.2) is 23.7 Å². The first-order valence-corrected chi connectivity index (χ1v) is 7.42. The van der Waals surface area contributed by atoms with Crippen molar-refractivity contribution in [1.82, 2.24) is 0 Å². The van der Waals surface area contributed by atoms with E-state index in [9.17, 15) is 4.79 Å². The van der Waals surface area contributed by atoms with Gasteiger partial charge in [-0.2, -0.15) is 0 Å². The molecule has 0 radical (unpaired) electrons. The summed E-state index contributed by atoms with van der Waals surface area (Å²) in [4.78, 5) is 15.7. The highest BCUT2D eigenvalue weighted by Gasteiger charge is 2.46. The summed E-state index contributed by atoms with van der Waals surface area (Å²) >= 11 is 1.81. The molecule has 1 unspecified atom stereocenters. The van der Waals surface area contributed by atoms with Crippen molar-refractivity contribution in [2.75, 3.05) is 17.2 Å². The molecule has 1 aromatic carbocycles. The largest absolute Gasteiger partial charge is 0.317 e. The number of nitrogens with zero attached hydrogens (tertiary/aromatic N) is 1. The zero-order valence-corrected chi connectivity index (χ0v) is 11.4. The lowest BCUT2D eigenvalue weighted by molar-refractivity contribution is -0.123. The maximum absolute atomic E-state index is 12.7. The molecule has 2 N–H and O–H groups in total. The fourth-order valence-electron chi connectivity index (χ4n) is 2.53. The Morgan fingerprint density at radius 3 is 2.89 bits per heavy atom. The van der Waals surface area contributed by atoms with E-state index in [-0.39, 0.29) is 5.91 Å². The average Bonchev–Trinajstić information content (AvgIpc) is 3.22. The van der Waals surface area contributed by atoms with Gasteiger partial charge in [-0.25, -0.2) is 0 Å². The number of amides is 1. The molecular formula is C14H18N2OS. The van der Waals surface area contributed by atoms with E-state index < -0.39 is 5.54 Å². The Morgan fingerprint density at radius 2 is 2.17 bits per heavy atom. The number of carbonyl (C=O) groups is 1. The Kier molecular flexibility index (Phi) is 2.87. The number of hydrogen-bond donors (Lipinski definition) is 1. The van der Waals surface area contributed by atoms with Gasteiger partial charge in [0.2, 0.25) is 5.91 Å². The first-order chi connectivity index (χ1) is 8.60. The molecule has 1 fully saturated rings. The highest BCUT2D eigenvalue weighted by Crippen LogP contribution is 2.41. The van der Waals surface area contributed by atoms with E-state index in [0.717, 1.165) is 30.8 Å². The number of fused-ring (bicyclic) bond motifs is 1. The average molecular weight is 262 g/mol. The number of nitrogens with two attached hydrogens (primary N) is 1. The van der Waals surface area contributed by atoms with Crippen LogP contribution in [-0.2, 0) is 4.79 Å². The van der Waals surface area contributed by atoms with Gasteiger partial charge in [-0.3, -0.25) is 4.79 Å². The van der Waals surface area contributed by atoms with E-state index in [1.54, 1.807) is 0 Å². The van der Waals surface area contributed by atoms with Crippen molar-refractivity contribution < 1.29 is 4.79 Å². The van der Waals surface area contributed by atoms with Crippen LogP contribution in [0.4, 0.5) is 5.69 Å². The highest BCUT2D eigenvalue weighted by atomic mass is 32.2. The first-order valence-electron chi connectivity index (χ1n) is 6.43. The van der Waals surface area contributed by atoms with Crippen molar-refractivity contribution in [2.45, 2.75) is 30.2 Å². The topological polar surface area (TPSA) is 46.3 Å². The van der Waals surface area contributed by atoms with E-state index >= 15 is 0 Å². The molecule has 0 spiro atoms. The molecule has 0 aromatic heterocycles. The number of para-hydroxylation sites is 1. The molecule has 0 bridgehead atoms. The van der Waals surface area contributed by atoms with Crippen molar-refractivity contribution in [3.05, 3.63) is 24.3 Å². The predicted molar refractivity (Wildman–Crippen MR) is 74.8 cm³/mol. The van der Waals surface area contributed by atoms with Crippen LogP contribution in [0.15, 0.2) is 29.2 Å². The monoisotopic (exact) mass is 262 g/mol. The van der Waals surface area contributed by atoms with Crippen LogP contribution in [0.3, 0.4) is 0 Å². The molecule has 96 valence electrons. The van der Waals surface area contributed by atoms with Gasteiger partial charge >= 0.3 is 0 Å². The molecule has 1 aromatic rings. The minimum absolute atomic E-state index is 0.0813. The lowest BCUT2D eigenvalue weighted by Gasteiger charge is -2.35. The number of carbonyl (C=O) groups excluding carboxylic acids is 1. The molecule has 1 heterocycles. The van der Waals surface area contributed by atoms with E-state index in [2.05, 4.69) is 6.07 Å². The minimum atomic E-state index is -0.699. The summed E-state index contributed by atoms with van der Waals surface area (Å²) in [6, 6.07) is 8.09. The molecule has 2 aliphatic rings. The summed E-state index contributed by atoms with van der Waals surface area (Å²) in [7, 11) is 0. The lowest BCUT2D eigenvalue weighted by atomic mass is 9.95. The van der Waals surface area contributed by atoms with Crippen LogP contribution >= 0.6 is 11.8 Å². The van der Waals surface area contributed by atoms with Gasteiger partial charge in [0, 0.05) is 17.2 Å². The Labute approximate surface area is 112 Å². The summed E-state index contributed by atoms with van der Waals surface area (Å²) in [6.45, 7) is 2.65. The Bertz CT molecular complexity index is 482. The number of thioether (sulfide) groups is 1. The maximum atomic E-state index is 12.7. The van der Waals surface area contributed by atoms with E-state index in [0.29, 0.717) is 5.92 Å². The molecule has 1 saturated carbocycles. The fraction of sp³-hybridized carbons (Fsp3) is 0.500. The number of benzene rings is 1. The SMILES string of the molecule is CC(N)(C(=O)N1CCSc2ccccc21)C1CC1. The normalized spacial score (nSPS) is 22.2. The Morgan fingerprint density at radius 1 is 1.44 bits per heavy atom. The standard InChI is InChI=1S/C14H18N2OS/c1-14(15,10-6-7-10)13(17)16-8-9-18-12-5-3-2-4-11(12)16/h2-5,10H,6-9,15H2,1H3. The van der Waals surface area contributed by atoms with E-state index in [4.69, 9.17) is 5.73 Å². The van der Waals surface area contributed by atoms with Crippen LogP contribution in [0.25, 0.3) is 0 Å². The Hall–Kier alpha value is -1.00. The van der Waals surface area contributed by atoms with Crippen LogP contribution in [0, 0.1) is 5.92 Å². The van der Waals surface area contributed by atoms with Gasteiger partial charge in [0.1, 0.15) is 0 Å². The maximum Gasteiger partial charge on any atom is 0.247 e. The van der Waals surface area contributed by atoms with E-state index in [1.165, 1.54) is 4.90 Å². The number of anilines is 1. The van der Waals surface area contributed by atoms with Gasteiger partial charge in [-0.1, -0.05) is 12.1 Å². The van der Waals surface area contributed by atoms with Crippen LogP contribution in [0.5, 0.6) is 0 Å². The second-order valence-electron chi connectivity index (χ2n) is 5.33.